The summed E-state index contributed by atoms with van der Waals surface area (Å²) in [7, 11) is 0. The van der Waals surface area contributed by atoms with Crippen molar-refractivity contribution < 1.29 is 4.79 Å². The molecule has 1 aliphatic rings. The van der Waals surface area contributed by atoms with Crippen LogP contribution in [0.1, 0.15) is 33.1 Å². The zero-order valence-electron chi connectivity index (χ0n) is 16.6. The first-order valence-electron chi connectivity index (χ1n) is 9.94. The molecule has 6 heteroatoms. The lowest BCUT2D eigenvalue weighted by molar-refractivity contribution is 0.0597. The number of pyridine rings is 1. The Morgan fingerprint density at radius 3 is 2.40 bits per heavy atom. The molecule has 2 heterocycles. The number of nitrogens with zero attached hydrogens (tertiary/aromatic N) is 4. The van der Waals surface area contributed by atoms with Crippen LogP contribution in [0, 0.1) is 11.3 Å². The molecule has 1 aromatic heterocycles. The van der Waals surface area contributed by atoms with Crippen molar-refractivity contribution in [1.82, 2.24) is 14.8 Å². The Bertz CT molecular complexity index is 1070. The first kappa shape index (κ1) is 19.6. The lowest BCUT2D eigenvalue weighted by atomic mass is 9.95. The second-order valence-corrected chi connectivity index (χ2v) is 7.39. The van der Waals surface area contributed by atoms with E-state index in [-0.39, 0.29) is 11.9 Å². The van der Waals surface area contributed by atoms with Crippen LogP contribution in [0.3, 0.4) is 0 Å². The van der Waals surface area contributed by atoms with Gasteiger partial charge in [0.15, 0.2) is 0 Å². The molecule has 0 bridgehead atoms. The highest BCUT2D eigenvalue weighted by atomic mass is 16.2. The summed E-state index contributed by atoms with van der Waals surface area (Å²) in [6, 6.07) is 22.0. The summed E-state index contributed by atoms with van der Waals surface area (Å²) in [6.45, 7) is 2.71. The molecule has 6 nitrogen and oxygen atoms in total. The summed E-state index contributed by atoms with van der Waals surface area (Å²) in [6.07, 6.45) is 3.10. The van der Waals surface area contributed by atoms with E-state index in [9.17, 15) is 10.1 Å². The van der Waals surface area contributed by atoms with Crippen LogP contribution in [0.5, 0.6) is 0 Å². The van der Waals surface area contributed by atoms with Crippen molar-refractivity contribution in [3.63, 3.8) is 0 Å². The van der Waals surface area contributed by atoms with Gasteiger partial charge in [0.1, 0.15) is 0 Å². The zero-order chi connectivity index (χ0) is 20.9. The third-order valence-corrected chi connectivity index (χ3v) is 5.42. The smallest absolute Gasteiger partial charge is 0.255 e. The molecule has 30 heavy (non-hydrogen) atoms. The number of amides is 1. The first-order chi connectivity index (χ1) is 14.7. The summed E-state index contributed by atoms with van der Waals surface area (Å²) in [5.41, 5.74) is 9.69. The second kappa shape index (κ2) is 8.76. The largest absolute Gasteiger partial charge is 0.397 e. The molecule has 150 valence electrons. The standard InChI is InChI=1S/C24H23N5O/c25-15-18-5-4-8-20(13-18)23(19-6-2-1-3-7-19)28-9-11-29(12-10-28)24(30)21-14-22(26)17-27-16-21/h1-8,13-14,16-17,23H,9-12,26H2. The number of hydrogen-bond donors (Lipinski definition) is 1. The van der Waals surface area contributed by atoms with Crippen molar-refractivity contribution in [2.45, 2.75) is 6.04 Å². The average molecular weight is 397 g/mol. The van der Waals surface area contributed by atoms with E-state index in [0.29, 0.717) is 29.9 Å². The van der Waals surface area contributed by atoms with Crippen molar-refractivity contribution >= 4 is 11.6 Å². The highest BCUT2D eigenvalue weighted by molar-refractivity contribution is 5.94. The van der Waals surface area contributed by atoms with E-state index in [0.717, 1.165) is 18.7 Å². The quantitative estimate of drug-likeness (QED) is 0.731. The fraction of sp³-hybridized carbons (Fsp3) is 0.208. The van der Waals surface area contributed by atoms with Crippen LogP contribution in [-0.2, 0) is 0 Å². The van der Waals surface area contributed by atoms with Gasteiger partial charge in [-0.25, -0.2) is 0 Å². The third-order valence-electron chi connectivity index (χ3n) is 5.42. The Morgan fingerprint density at radius 1 is 0.967 bits per heavy atom. The molecule has 0 saturated carbocycles. The Balaban J connectivity index is 1.55. The summed E-state index contributed by atoms with van der Waals surface area (Å²) >= 11 is 0. The maximum Gasteiger partial charge on any atom is 0.255 e. The minimum atomic E-state index is -0.0443. The molecule has 1 amide bonds. The van der Waals surface area contributed by atoms with E-state index >= 15 is 0 Å². The molecule has 4 rings (SSSR count). The van der Waals surface area contributed by atoms with Gasteiger partial charge in [-0.3, -0.25) is 14.7 Å². The fourth-order valence-corrected chi connectivity index (χ4v) is 3.97. The van der Waals surface area contributed by atoms with Crippen LogP contribution in [0.2, 0.25) is 0 Å². The Labute approximate surface area is 176 Å². The lowest BCUT2D eigenvalue weighted by Gasteiger charge is -2.39. The van der Waals surface area contributed by atoms with Crippen LogP contribution < -0.4 is 5.73 Å². The number of piperazine rings is 1. The Morgan fingerprint density at radius 2 is 1.70 bits per heavy atom. The summed E-state index contributed by atoms with van der Waals surface area (Å²) in [4.78, 5) is 21.1. The molecule has 1 atom stereocenters. The van der Waals surface area contributed by atoms with Crippen LogP contribution in [-0.4, -0.2) is 46.9 Å². The van der Waals surface area contributed by atoms with Crippen LogP contribution in [0.4, 0.5) is 5.69 Å². The molecule has 2 aromatic carbocycles. The van der Waals surface area contributed by atoms with Crippen LogP contribution in [0.25, 0.3) is 0 Å². The molecule has 0 aliphatic carbocycles. The summed E-state index contributed by atoms with van der Waals surface area (Å²) in [5.74, 6) is -0.0443. The number of nitriles is 1. The van der Waals surface area contributed by atoms with E-state index < -0.39 is 0 Å². The van der Waals surface area contributed by atoms with Crippen molar-refractivity contribution in [1.29, 1.82) is 5.26 Å². The molecular formula is C24H23N5O. The van der Waals surface area contributed by atoms with Crippen molar-refractivity contribution in [3.05, 3.63) is 95.3 Å². The van der Waals surface area contributed by atoms with Gasteiger partial charge in [0, 0.05) is 38.6 Å². The highest BCUT2D eigenvalue weighted by Gasteiger charge is 2.28. The van der Waals surface area contributed by atoms with Crippen molar-refractivity contribution in [3.8, 4) is 6.07 Å². The third kappa shape index (κ3) is 4.17. The number of aromatic nitrogens is 1. The molecule has 2 N–H and O–H groups in total. The lowest BCUT2D eigenvalue weighted by Crippen LogP contribution is -2.49. The van der Waals surface area contributed by atoms with Gasteiger partial charge in [-0.2, -0.15) is 5.26 Å². The first-order valence-corrected chi connectivity index (χ1v) is 9.94. The van der Waals surface area contributed by atoms with Crippen LogP contribution in [0.15, 0.2) is 73.1 Å². The van der Waals surface area contributed by atoms with Gasteiger partial charge in [0.2, 0.25) is 0 Å². The van der Waals surface area contributed by atoms with Crippen LogP contribution >= 0.6 is 0 Å². The molecule has 1 aliphatic heterocycles. The fourth-order valence-electron chi connectivity index (χ4n) is 3.97. The molecule has 0 spiro atoms. The molecule has 1 saturated heterocycles. The predicted octanol–water partition coefficient (Wildman–Crippen LogP) is 3.08. The zero-order valence-corrected chi connectivity index (χ0v) is 16.6. The minimum Gasteiger partial charge on any atom is -0.397 e. The van der Waals surface area contributed by atoms with Gasteiger partial charge < -0.3 is 10.6 Å². The van der Waals surface area contributed by atoms with E-state index in [4.69, 9.17) is 5.73 Å². The van der Waals surface area contributed by atoms with Gasteiger partial charge in [0.25, 0.3) is 5.91 Å². The molecule has 0 radical (unpaired) electrons. The van der Waals surface area contributed by atoms with E-state index in [1.807, 2.05) is 41.3 Å². The number of hydrogen-bond acceptors (Lipinski definition) is 5. The van der Waals surface area contributed by atoms with Gasteiger partial charge in [0.05, 0.1) is 28.9 Å². The number of nitrogens with two attached hydrogens (primary N) is 1. The monoisotopic (exact) mass is 397 g/mol. The number of rotatable bonds is 4. The number of carbonyl (C=O) groups excluding carboxylic acids is 1. The number of benzene rings is 2. The summed E-state index contributed by atoms with van der Waals surface area (Å²) < 4.78 is 0. The molecule has 1 unspecified atom stereocenters. The second-order valence-electron chi connectivity index (χ2n) is 7.39. The Kier molecular flexibility index (Phi) is 5.73. The summed E-state index contributed by atoms with van der Waals surface area (Å²) in [5, 5.41) is 9.33. The van der Waals surface area contributed by atoms with E-state index in [2.05, 4.69) is 34.2 Å². The predicted molar refractivity (Wildman–Crippen MR) is 116 cm³/mol. The SMILES string of the molecule is N#Cc1cccc(C(c2ccccc2)N2CCN(C(=O)c3cncc(N)c3)CC2)c1. The van der Waals surface area contributed by atoms with Gasteiger partial charge in [-0.05, 0) is 29.3 Å². The van der Waals surface area contributed by atoms with E-state index in [1.165, 1.54) is 11.8 Å². The number of nitrogen functional groups attached to an aromatic ring is 1. The number of anilines is 1. The van der Waals surface area contributed by atoms with Crippen molar-refractivity contribution in [2.75, 3.05) is 31.9 Å². The topological polar surface area (TPSA) is 86.2 Å². The molecular weight excluding hydrogens is 374 g/mol. The maximum atomic E-state index is 12.8. The minimum absolute atomic E-state index is 0.0331. The molecule has 3 aromatic rings. The van der Waals surface area contributed by atoms with Gasteiger partial charge >= 0.3 is 0 Å². The van der Waals surface area contributed by atoms with Crippen molar-refractivity contribution in [2.24, 2.45) is 0 Å². The normalized spacial score (nSPS) is 15.4. The van der Waals surface area contributed by atoms with E-state index in [1.54, 1.807) is 12.3 Å². The average Bonchev–Trinajstić information content (AvgIpc) is 2.80. The maximum absolute atomic E-state index is 12.8. The number of carbonyl (C=O) groups is 1. The molecule has 1 fully saturated rings. The van der Waals surface area contributed by atoms with Gasteiger partial charge in [-0.15, -0.1) is 0 Å². The Hall–Kier alpha value is -3.69. The highest BCUT2D eigenvalue weighted by Crippen LogP contribution is 2.30. The van der Waals surface area contributed by atoms with Gasteiger partial charge in [-0.1, -0.05) is 42.5 Å².